The van der Waals surface area contributed by atoms with Crippen molar-refractivity contribution < 1.29 is 28.7 Å². The highest BCUT2D eigenvalue weighted by atomic mass is 16.5. The Morgan fingerprint density at radius 1 is 1.14 bits per heavy atom. The highest BCUT2D eigenvalue weighted by Gasteiger charge is 2.32. The Bertz CT molecular complexity index is 872. The summed E-state index contributed by atoms with van der Waals surface area (Å²) >= 11 is 0. The topological polar surface area (TPSA) is 111 Å². The maximum atomic E-state index is 12.9. The average Bonchev–Trinajstić information content (AvgIpc) is 2.68. The second-order valence-electron chi connectivity index (χ2n) is 7.06. The monoisotopic (exact) mass is 402 g/mol. The minimum atomic E-state index is -0.748. The number of allylic oxidation sites excluding steroid dienone is 2. The van der Waals surface area contributed by atoms with Crippen molar-refractivity contribution in [2.75, 3.05) is 20.3 Å². The standard InChI is InChI=1S/C21H26N2O6/c1-11(2)17(23-13(4)24)21(27)29-10-9-22-18-12(3)19(25)14-7-6-8-15(28-5)16(14)20(18)26/h6-8,11,17,22H,9-10H2,1-5H3,(H,23,24)/t17-/m0/s1. The molecule has 0 fully saturated rings. The number of carbonyl (C=O) groups is 4. The molecule has 1 aliphatic carbocycles. The van der Waals surface area contributed by atoms with Crippen LogP contribution in [0.4, 0.5) is 0 Å². The van der Waals surface area contributed by atoms with Gasteiger partial charge in [-0.3, -0.25) is 14.4 Å². The highest BCUT2D eigenvalue weighted by Crippen LogP contribution is 2.31. The molecule has 0 aliphatic heterocycles. The fourth-order valence-corrected chi connectivity index (χ4v) is 3.08. The average molecular weight is 402 g/mol. The quantitative estimate of drug-likeness (QED) is 0.502. The van der Waals surface area contributed by atoms with E-state index >= 15 is 0 Å². The number of fused-ring (bicyclic) bond motifs is 1. The molecule has 0 bridgehead atoms. The van der Waals surface area contributed by atoms with E-state index < -0.39 is 12.0 Å². The molecule has 0 saturated heterocycles. The zero-order chi connectivity index (χ0) is 21.7. The fourth-order valence-electron chi connectivity index (χ4n) is 3.08. The third-order valence-corrected chi connectivity index (χ3v) is 4.59. The summed E-state index contributed by atoms with van der Waals surface area (Å²) in [5.74, 6) is -1.29. The first-order chi connectivity index (χ1) is 13.7. The second kappa shape index (κ2) is 9.36. The summed E-state index contributed by atoms with van der Waals surface area (Å²) < 4.78 is 10.4. The van der Waals surface area contributed by atoms with Crippen molar-refractivity contribution >= 4 is 23.4 Å². The molecule has 8 nitrogen and oxygen atoms in total. The number of rotatable bonds is 8. The summed E-state index contributed by atoms with van der Waals surface area (Å²) in [7, 11) is 1.44. The van der Waals surface area contributed by atoms with Gasteiger partial charge in [-0.2, -0.15) is 0 Å². The molecule has 1 atom stereocenters. The van der Waals surface area contributed by atoms with Crippen molar-refractivity contribution in [2.24, 2.45) is 5.92 Å². The van der Waals surface area contributed by atoms with Crippen LogP contribution in [-0.2, 0) is 14.3 Å². The first kappa shape index (κ1) is 22.1. The van der Waals surface area contributed by atoms with Gasteiger partial charge in [-0.05, 0) is 18.9 Å². The number of nitrogens with one attached hydrogen (secondary N) is 2. The van der Waals surface area contributed by atoms with E-state index in [1.807, 2.05) is 0 Å². The van der Waals surface area contributed by atoms with Gasteiger partial charge >= 0.3 is 5.97 Å². The van der Waals surface area contributed by atoms with E-state index in [0.29, 0.717) is 16.9 Å². The lowest BCUT2D eigenvalue weighted by atomic mass is 9.87. The molecule has 0 spiro atoms. The van der Waals surface area contributed by atoms with Crippen LogP contribution >= 0.6 is 0 Å². The van der Waals surface area contributed by atoms with Crippen molar-refractivity contribution in [3.05, 3.63) is 40.6 Å². The lowest BCUT2D eigenvalue weighted by Gasteiger charge is -2.22. The van der Waals surface area contributed by atoms with E-state index in [1.165, 1.54) is 14.0 Å². The van der Waals surface area contributed by atoms with E-state index in [-0.39, 0.29) is 47.8 Å². The number of benzene rings is 1. The fraction of sp³-hybridized carbons (Fsp3) is 0.429. The summed E-state index contributed by atoms with van der Waals surface area (Å²) in [6, 6.07) is 4.13. The smallest absolute Gasteiger partial charge is 0.328 e. The molecule has 1 amide bonds. The lowest BCUT2D eigenvalue weighted by Crippen LogP contribution is -2.45. The number of esters is 1. The lowest BCUT2D eigenvalue weighted by molar-refractivity contribution is -0.148. The van der Waals surface area contributed by atoms with Gasteiger partial charge < -0.3 is 20.1 Å². The van der Waals surface area contributed by atoms with Gasteiger partial charge in [0, 0.05) is 24.6 Å². The normalized spacial score (nSPS) is 14.4. The van der Waals surface area contributed by atoms with Crippen LogP contribution in [0.1, 0.15) is 48.4 Å². The number of hydrogen-bond donors (Lipinski definition) is 2. The first-order valence-electron chi connectivity index (χ1n) is 9.33. The van der Waals surface area contributed by atoms with E-state index in [0.717, 1.165) is 0 Å². The number of ether oxygens (including phenoxy) is 2. The van der Waals surface area contributed by atoms with Gasteiger partial charge in [-0.15, -0.1) is 0 Å². The van der Waals surface area contributed by atoms with Crippen LogP contribution in [0.25, 0.3) is 0 Å². The van der Waals surface area contributed by atoms with Crippen LogP contribution in [-0.4, -0.2) is 49.7 Å². The molecule has 156 valence electrons. The molecule has 0 unspecified atom stereocenters. The number of methoxy groups -OCH3 is 1. The molecule has 8 heteroatoms. The number of carbonyl (C=O) groups excluding carboxylic acids is 4. The van der Waals surface area contributed by atoms with Crippen molar-refractivity contribution in [2.45, 2.75) is 33.7 Å². The molecule has 0 saturated carbocycles. The van der Waals surface area contributed by atoms with E-state index in [9.17, 15) is 19.2 Å². The van der Waals surface area contributed by atoms with E-state index in [4.69, 9.17) is 9.47 Å². The Hall–Kier alpha value is -3.16. The molecular weight excluding hydrogens is 376 g/mol. The molecule has 29 heavy (non-hydrogen) atoms. The van der Waals surface area contributed by atoms with E-state index in [1.54, 1.807) is 39.0 Å². The van der Waals surface area contributed by atoms with Gasteiger partial charge in [0.1, 0.15) is 18.4 Å². The van der Waals surface area contributed by atoms with Crippen LogP contribution in [0.15, 0.2) is 29.5 Å². The first-order valence-corrected chi connectivity index (χ1v) is 9.33. The van der Waals surface area contributed by atoms with Crippen LogP contribution in [0.5, 0.6) is 5.75 Å². The Kier molecular flexibility index (Phi) is 7.14. The van der Waals surface area contributed by atoms with Crippen molar-refractivity contribution in [3.8, 4) is 5.75 Å². The van der Waals surface area contributed by atoms with Crippen LogP contribution in [0.2, 0.25) is 0 Å². The largest absolute Gasteiger partial charge is 0.496 e. The molecular formula is C21H26N2O6. The minimum absolute atomic E-state index is 0.0291. The molecule has 0 heterocycles. The molecule has 0 radical (unpaired) electrons. The predicted octanol–water partition coefficient (Wildman–Crippen LogP) is 1.64. The van der Waals surface area contributed by atoms with Crippen LogP contribution < -0.4 is 15.4 Å². The maximum absolute atomic E-state index is 12.9. The van der Waals surface area contributed by atoms with Crippen molar-refractivity contribution in [1.29, 1.82) is 0 Å². The Balaban J connectivity index is 2.04. The molecule has 1 aromatic carbocycles. The third-order valence-electron chi connectivity index (χ3n) is 4.59. The highest BCUT2D eigenvalue weighted by molar-refractivity contribution is 6.27. The summed E-state index contributed by atoms with van der Waals surface area (Å²) in [6.07, 6.45) is 0. The Morgan fingerprint density at radius 3 is 2.41 bits per heavy atom. The molecule has 2 N–H and O–H groups in total. The van der Waals surface area contributed by atoms with E-state index in [2.05, 4.69) is 10.6 Å². The second-order valence-corrected chi connectivity index (χ2v) is 7.06. The molecule has 1 aromatic rings. The molecule has 0 aromatic heterocycles. The van der Waals surface area contributed by atoms with Gasteiger partial charge in [0.15, 0.2) is 5.78 Å². The third kappa shape index (κ3) is 4.82. The van der Waals surface area contributed by atoms with Crippen LogP contribution in [0.3, 0.4) is 0 Å². The summed E-state index contributed by atoms with van der Waals surface area (Å²) in [6.45, 7) is 6.60. The van der Waals surface area contributed by atoms with Gasteiger partial charge in [0.25, 0.3) is 0 Å². The van der Waals surface area contributed by atoms with Crippen LogP contribution in [0, 0.1) is 5.92 Å². The van der Waals surface area contributed by atoms with Crippen molar-refractivity contribution in [3.63, 3.8) is 0 Å². The Morgan fingerprint density at radius 2 is 1.83 bits per heavy atom. The van der Waals surface area contributed by atoms with Gasteiger partial charge in [-0.25, -0.2) is 4.79 Å². The van der Waals surface area contributed by atoms with Gasteiger partial charge in [0.2, 0.25) is 11.7 Å². The Labute approximate surface area is 169 Å². The molecule has 1 aliphatic rings. The van der Waals surface area contributed by atoms with Gasteiger partial charge in [-0.1, -0.05) is 26.0 Å². The number of ketones is 2. The zero-order valence-electron chi connectivity index (χ0n) is 17.3. The number of amides is 1. The number of hydrogen-bond acceptors (Lipinski definition) is 7. The van der Waals surface area contributed by atoms with Gasteiger partial charge in [0.05, 0.1) is 18.4 Å². The number of Topliss-reactive ketones (excluding diaryl/α,β-unsaturated/α-hetero) is 2. The summed E-state index contributed by atoms with van der Waals surface area (Å²) in [4.78, 5) is 48.9. The SMILES string of the molecule is COc1cccc2c1C(=O)C(NCCOC(=O)[C@@H](NC(C)=O)C(C)C)=C(C)C2=O. The van der Waals surface area contributed by atoms with Crippen molar-refractivity contribution in [1.82, 2.24) is 10.6 Å². The molecule has 2 rings (SSSR count). The maximum Gasteiger partial charge on any atom is 0.328 e. The predicted molar refractivity (Wildman–Crippen MR) is 106 cm³/mol. The summed E-state index contributed by atoms with van der Waals surface area (Å²) in [5, 5.41) is 5.45. The zero-order valence-corrected chi connectivity index (χ0v) is 17.3. The summed E-state index contributed by atoms with van der Waals surface area (Å²) in [5.41, 5.74) is 0.972. The minimum Gasteiger partial charge on any atom is -0.496 e.